The summed E-state index contributed by atoms with van der Waals surface area (Å²) in [4.78, 5) is 2.93. The molecule has 0 spiro atoms. The molecule has 0 aromatic heterocycles. The van der Waals surface area contributed by atoms with Crippen molar-refractivity contribution in [3.8, 4) is 0 Å². The molecule has 0 fully saturated rings. The van der Waals surface area contributed by atoms with Gasteiger partial charge in [0.1, 0.15) is 0 Å². The topological polar surface area (TPSA) is 48.8 Å². The summed E-state index contributed by atoms with van der Waals surface area (Å²) in [7, 11) is -1.67. The van der Waals surface area contributed by atoms with Crippen molar-refractivity contribution in [3.63, 3.8) is 0 Å². The summed E-state index contributed by atoms with van der Waals surface area (Å²) < 4.78 is 0. The fraction of sp³-hybridized carbons (Fsp3) is 0.200. The van der Waals surface area contributed by atoms with Crippen molar-refractivity contribution in [1.82, 2.24) is 0 Å². The van der Waals surface area contributed by atoms with E-state index in [0.717, 1.165) is 11.7 Å². The average molecular weight is 267 g/mol. The van der Waals surface area contributed by atoms with Gasteiger partial charge in [-0.15, -0.1) is 0 Å². The van der Waals surface area contributed by atoms with E-state index < -0.39 is 8.07 Å². The highest BCUT2D eigenvalue weighted by atomic mass is 28.3. The van der Waals surface area contributed by atoms with Crippen LogP contribution in [0.15, 0.2) is 59.7 Å². The Morgan fingerprint density at radius 2 is 1.63 bits per heavy atom. The molecule has 2 aromatic carbocycles. The zero-order valence-corrected chi connectivity index (χ0v) is 12.2. The van der Waals surface area contributed by atoms with E-state index in [9.17, 15) is 0 Å². The van der Waals surface area contributed by atoms with Gasteiger partial charge in [0.2, 0.25) is 0 Å². The summed E-state index contributed by atoms with van der Waals surface area (Å²) in [5.74, 6) is 0. The van der Waals surface area contributed by atoms with Gasteiger partial charge >= 0.3 is 0 Å². The van der Waals surface area contributed by atoms with Crippen molar-refractivity contribution in [1.29, 1.82) is 0 Å². The number of hydrogen-bond acceptors (Lipinski definition) is 1. The molecular weight excluding hydrogens is 250 g/mol. The lowest BCUT2D eigenvalue weighted by Crippen LogP contribution is -2.44. The first-order valence-electron chi connectivity index (χ1n) is 6.32. The predicted molar refractivity (Wildman–Crippen MR) is 82.5 cm³/mol. The Hall–Kier alpha value is -2.03. The molecule has 0 saturated heterocycles. The minimum atomic E-state index is -1.67. The Balaban J connectivity index is 2.36. The van der Waals surface area contributed by atoms with Gasteiger partial charge in [-0.3, -0.25) is 0 Å². The van der Waals surface area contributed by atoms with Crippen LogP contribution >= 0.6 is 0 Å². The van der Waals surface area contributed by atoms with Crippen LogP contribution in [-0.4, -0.2) is 8.07 Å². The maximum absolute atomic E-state index is 8.67. The van der Waals surface area contributed by atoms with Gasteiger partial charge in [-0.2, -0.15) is 0 Å². The van der Waals surface area contributed by atoms with E-state index >= 15 is 0 Å². The molecular formula is C15H17N3Si. The molecule has 0 bridgehead atoms. The van der Waals surface area contributed by atoms with E-state index in [0.29, 0.717) is 0 Å². The first-order chi connectivity index (χ1) is 9.13. The molecule has 0 atom stereocenters. The molecule has 0 aliphatic carbocycles. The van der Waals surface area contributed by atoms with Gasteiger partial charge in [0, 0.05) is 10.6 Å². The van der Waals surface area contributed by atoms with Crippen LogP contribution in [-0.2, 0) is 6.04 Å². The highest BCUT2D eigenvalue weighted by Gasteiger charge is 2.25. The maximum Gasteiger partial charge on any atom is 0.0855 e. The van der Waals surface area contributed by atoms with Crippen molar-refractivity contribution in [2.75, 3.05) is 0 Å². The van der Waals surface area contributed by atoms with E-state index in [-0.39, 0.29) is 0 Å². The minimum absolute atomic E-state index is 0.776. The van der Waals surface area contributed by atoms with E-state index in [1.165, 1.54) is 10.8 Å². The van der Waals surface area contributed by atoms with Gasteiger partial charge in [0.05, 0.1) is 8.07 Å². The van der Waals surface area contributed by atoms with Crippen LogP contribution in [0.5, 0.6) is 0 Å². The third-order valence-electron chi connectivity index (χ3n) is 3.27. The van der Waals surface area contributed by atoms with Gasteiger partial charge in [-0.05, 0) is 11.6 Å². The van der Waals surface area contributed by atoms with Crippen LogP contribution in [0.25, 0.3) is 10.4 Å². The van der Waals surface area contributed by atoms with Gasteiger partial charge in [0.25, 0.3) is 0 Å². The second-order valence-electron chi connectivity index (χ2n) is 5.25. The summed E-state index contributed by atoms with van der Waals surface area (Å²) in [6, 6.07) is 19.5. The van der Waals surface area contributed by atoms with Crippen molar-refractivity contribution in [3.05, 3.63) is 70.6 Å². The van der Waals surface area contributed by atoms with E-state index in [2.05, 4.69) is 53.5 Å². The van der Waals surface area contributed by atoms with Gasteiger partial charge < -0.3 is 0 Å². The summed E-state index contributed by atoms with van der Waals surface area (Å²) in [6.45, 7) is 4.62. The molecule has 0 radical (unpaired) electrons. The quantitative estimate of drug-likeness (QED) is 0.343. The third kappa shape index (κ3) is 3.25. The zero-order valence-electron chi connectivity index (χ0n) is 11.2. The molecule has 0 aliphatic heterocycles. The fourth-order valence-electron chi connectivity index (χ4n) is 2.38. The highest BCUT2D eigenvalue weighted by Crippen LogP contribution is 2.18. The molecule has 0 heterocycles. The molecule has 0 saturated carbocycles. The molecule has 0 unspecified atom stereocenters. The van der Waals surface area contributed by atoms with Crippen LogP contribution in [0.2, 0.25) is 13.1 Å². The average Bonchev–Trinajstić information content (AvgIpc) is 2.40. The number of hydrogen-bond donors (Lipinski definition) is 0. The second kappa shape index (κ2) is 5.74. The van der Waals surface area contributed by atoms with Crippen LogP contribution < -0.4 is 5.19 Å². The minimum Gasteiger partial charge on any atom is -0.0652 e. The lowest BCUT2D eigenvalue weighted by atomic mass is 10.2. The normalized spacial score (nSPS) is 10.8. The molecule has 0 aliphatic rings. The van der Waals surface area contributed by atoms with Crippen LogP contribution in [0.4, 0.5) is 5.69 Å². The molecule has 2 rings (SSSR count). The fourth-order valence-corrected chi connectivity index (χ4v) is 5.20. The van der Waals surface area contributed by atoms with Crippen molar-refractivity contribution in [2.45, 2.75) is 19.1 Å². The van der Waals surface area contributed by atoms with Gasteiger partial charge in [0.15, 0.2) is 0 Å². The van der Waals surface area contributed by atoms with Crippen molar-refractivity contribution < 1.29 is 0 Å². The number of benzene rings is 2. The molecule has 0 N–H and O–H groups in total. The standard InChI is InChI=1S/C15H17N3Si/c1-19(2,12-13-8-4-3-5-9-13)15-11-7-6-10-14(15)17-18-16/h3-11H,12H2,1-2H3. The number of nitrogens with zero attached hydrogens (tertiary/aromatic N) is 3. The summed E-state index contributed by atoms with van der Waals surface area (Å²) in [5, 5.41) is 5.05. The Bertz CT molecular complexity index is 602. The molecule has 3 nitrogen and oxygen atoms in total. The molecule has 19 heavy (non-hydrogen) atoms. The number of rotatable bonds is 4. The maximum atomic E-state index is 8.67. The number of azide groups is 1. The summed E-state index contributed by atoms with van der Waals surface area (Å²) in [5.41, 5.74) is 10.8. The van der Waals surface area contributed by atoms with Crippen molar-refractivity contribution >= 4 is 18.9 Å². The van der Waals surface area contributed by atoms with Crippen LogP contribution in [0, 0.1) is 0 Å². The Morgan fingerprint density at radius 3 is 2.32 bits per heavy atom. The van der Waals surface area contributed by atoms with Crippen LogP contribution in [0.1, 0.15) is 5.56 Å². The summed E-state index contributed by atoms with van der Waals surface area (Å²) in [6.07, 6.45) is 0. The van der Waals surface area contributed by atoms with E-state index in [1.54, 1.807) is 0 Å². The lowest BCUT2D eigenvalue weighted by Gasteiger charge is -2.24. The SMILES string of the molecule is C[Si](C)(Cc1ccccc1)c1ccccc1N=[N+]=[N-]. The zero-order chi connectivity index (χ0) is 13.7. The van der Waals surface area contributed by atoms with E-state index in [1.807, 2.05) is 24.3 Å². The van der Waals surface area contributed by atoms with Gasteiger partial charge in [-0.25, -0.2) is 0 Å². The molecule has 96 valence electrons. The first kappa shape index (κ1) is 13.4. The highest BCUT2D eigenvalue weighted by molar-refractivity contribution is 6.90. The Labute approximate surface area is 114 Å². The Kier molecular flexibility index (Phi) is 4.05. The third-order valence-corrected chi connectivity index (χ3v) is 6.45. The molecule has 4 heteroatoms. The molecule has 0 amide bonds. The lowest BCUT2D eigenvalue weighted by molar-refractivity contribution is 1.32. The molecule has 2 aromatic rings. The van der Waals surface area contributed by atoms with Gasteiger partial charge in [-0.1, -0.05) is 83.6 Å². The van der Waals surface area contributed by atoms with Crippen LogP contribution in [0.3, 0.4) is 0 Å². The largest absolute Gasteiger partial charge is 0.0855 e. The summed E-state index contributed by atoms with van der Waals surface area (Å²) >= 11 is 0. The smallest absolute Gasteiger partial charge is 0.0652 e. The first-order valence-corrected chi connectivity index (χ1v) is 9.53. The Morgan fingerprint density at radius 1 is 1.00 bits per heavy atom. The predicted octanol–water partition coefficient (Wildman–Crippen LogP) is 4.33. The second-order valence-corrected chi connectivity index (χ2v) is 9.91. The van der Waals surface area contributed by atoms with Crippen molar-refractivity contribution in [2.24, 2.45) is 5.11 Å². The van der Waals surface area contributed by atoms with E-state index in [4.69, 9.17) is 5.53 Å². The monoisotopic (exact) mass is 267 g/mol.